The molecule has 0 aliphatic carbocycles. The van der Waals surface area contributed by atoms with Crippen molar-refractivity contribution >= 4 is 22.5 Å². The lowest BCUT2D eigenvalue weighted by Crippen LogP contribution is -2.39. The molecule has 0 saturated carbocycles. The quantitative estimate of drug-likeness (QED) is 0.601. The van der Waals surface area contributed by atoms with Crippen LogP contribution < -0.4 is 5.73 Å². The SMILES string of the molecule is CC.CC(C)OC(=N)Cc1cn(C)c2cc([NH3+])ccc12.CO. The fourth-order valence-electron chi connectivity index (χ4n) is 2.15. The van der Waals surface area contributed by atoms with Crippen molar-refractivity contribution in [1.29, 1.82) is 5.41 Å². The molecular formula is C17H30N3O2+. The second-order valence-electron chi connectivity index (χ2n) is 4.88. The van der Waals surface area contributed by atoms with Gasteiger partial charge in [0.2, 0.25) is 0 Å². The first-order valence-electron chi connectivity index (χ1n) is 7.56. The molecule has 5 N–H and O–H groups in total. The fraction of sp³-hybridized carbons (Fsp3) is 0.471. The number of aryl methyl sites for hydroxylation is 1. The number of aromatic nitrogens is 1. The first-order chi connectivity index (χ1) is 10.5. The van der Waals surface area contributed by atoms with E-state index in [2.05, 4.69) is 28.6 Å². The number of hydrogen-bond donors (Lipinski definition) is 3. The number of aliphatic hydroxyl groups is 1. The third-order valence-electron chi connectivity index (χ3n) is 2.87. The Bertz CT molecular complexity index is 589. The van der Waals surface area contributed by atoms with E-state index in [0.29, 0.717) is 12.3 Å². The number of nitrogens with zero attached hydrogens (tertiary/aromatic N) is 1. The molecule has 0 amide bonds. The number of benzene rings is 1. The second kappa shape index (κ2) is 9.97. The predicted octanol–water partition coefficient (Wildman–Crippen LogP) is 2.63. The molecule has 0 atom stereocenters. The van der Waals surface area contributed by atoms with Crippen molar-refractivity contribution in [2.75, 3.05) is 7.11 Å². The van der Waals surface area contributed by atoms with Crippen molar-refractivity contribution in [3.05, 3.63) is 30.0 Å². The smallest absolute Gasteiger partial charge is 0.185 e. The van der Waals surface area contributed by atoms with E-state index in [1.165, 1.54) is 5.39 Å². The van der Waals surface area contributed by atoms with Crippen LogP contribution in [-0.4, -0.2) is 28.8 Å². The molecule has 0 unspecified atom stereocenters. The Morgan fingerprint density at radius 2 is 1.91 bits per heavy atom. The average Bonchev–Trinajstić information content (AvgIpc) is 2.78. The molecule has 22 heavy (non-hydrogen) atoms. The van der Waals surface area contributed by atoms with Gasteiger partial charge in [-0.15, -0.1) is 0 Å². The van der Waals surface area contributed by atoms with Gasteiger partial charge in [-0.1, -0.05) is 13.8 Å². The van der Waals surface area contributed by atoms with E-state index >= 15 is 0 Å². The fourth-order valence-corrected chi connectivity index (χ4v) is 2.15. The number of rotatable bonds is 3. The van der Waals surface area contributed by atoms with Crippen LogP contribution in [0.2, 0.25) is 0 Å². The molecule has 0 aliphatic rings. The van der Waals surface area contributed by atoms with Crippen LogP contribution >= 0.6 is 0 Å². The third kappa shape index (κ3) is 5.50. The summed E-state index contributed by atoms with van der Waals surface area (Å²) in [6.07, 6.45) is 2.65. The summed E-state index contributed by atoms with van der Waals surface area (Å²) in [5, 5.41) is 16.0. The second-order valence-corrected chi connectivity index (χ2v) is 4.88. The highest BCUT2D eigenvalue weighted by Gasteiger charge is 2.11. The van der Waals surface area contributed by atoms with Gasteiger partial charge in [-0.2, -0.15) is 0 Å². The lowest BCUT2D eigenvalue weighted by atomic mass is 10.1. The van der Waals surface area contributed by atoms with Crippen LogP contribution in [0.5, 0.6) is 0 Å². The Morgan fingerprint density at radius 3 is 2.45 bits per heavy atom. The van der Waals surface area contributed by atoms with E-state index in [0.717, 1.165) is 23.9 Å². The van der Waals surface area contributed by atoms with Crippen LogP contribution in [0.15, 0.2) is 24.4 Å². The minimum atomic E-state index is 0.0546. The van der Waals surface area contributed by atoms with E-state index < -0.39 is 0 Å². The Hall–Kier alpha value is -1.85. The molecule has 0 saturated heterocycles. The van der Waals surface area contributed by atoms with Crippen molar-refractivity contribution in [3.63, 3.8) is 0 Å². The Morgan fingerprint density at radius 1 is 1.32 bits per heavy atom. The molecule has 1 heterocycles. The lowest BCUT2D eigenvalue weighted by Gasteiger charge is -2.09. The highest BCUT2D eigenvalue weighted by atomic mass is 16.5. The van der Waals surface area contributed by atoms with Gasteiger partial charge in [0.25, 0.3) is 0 Å². The molecule has 1 aromatic carbocycles. The monoisotopic (exact) mass is 308 g/mol. The molecule has 0 radical (unpaired) electrons. The zero-order chi connectivity index (χ0) is 17.3. The summed E-state index contributed by atoms with van der Waals surface area (Å²) in [5.41, 5.74) is 7.22. The molecule has 5 nitrogen and oxygen atoms in total. The molecule has 0 bridgehead atoms. The number of ether oxygens (including phenoxy) is 1. The van der Waals surface area contributed by atoms with E-state index in [-0.39, 0.29) is 6.10 Å². The first kappa shape index (κ1) is 20.1. The van der Waals surface area contributed by atoms with E-state index in [1.807, 2.05) is 40.8 Å². The van der Waals surface area contributed by atoms with Crippen LogP contribution in [0.25, 0.3) is 10.9 Å². The normalized spacial score (nSPS) is 9.68. The van der Waals surface area contributed by atoms with Crippen molar-refractivity contribution in [3.8, 4) is 0 Å². The zero-order valence-electron chi connectivity index (χ0n) is 14.6. The minimum Gasteiger partial charge on any atom is -0.478 e. The third-order valence-corrected chi connectivity index (χ3v) is 2.87. The van der Waals surface area contributed by atoms with Gasteiger partial charge in [0, 0.05) is 31.8 Å². The number of quaternary nitrogens is 1. The zero-order valence-corrected chi connectivity index (χ0v) is 14.6. The van der Waals surface area contributed by atoms with Crippen LogP contribution in [0.3, 0.4) is 0 Å². The molecule has 2 rings (SSSR count). The first-order valence-corrected chi connectivity index (χ1v) is 7.56. The highest BCUT2D eigenvalue weighted by Crippen LogP contribution is 2.23. The predicted molar refractivity (Wildman–Crippen MR) is 92.6 cm³/mol. The van der Waals surface area contributed by atoms with Gasteiger partial charge in [-0.3, -0.25) is 5.41 Å². The lowest BCUT2D eigenvalue weighted by molar-refractivity contribution is -0.254. The van der Waals surface area contributed by atoms with Crippen molar-refractivity contribution in [2.45, 2.75) is 40.2 Å². The number of aliphatic hydroxyl groups excluding tert-OH is 1. The Balaban J connectivity index is 0.00000102. The number of fused-ring (bicyclic) bond motifs is 1. The summed E-state index contributed by atoms with van der Waals surface area (Å²) in [6, 6.07) is 6.13. The van der Waals surface area contributed by atoms with Gasteiger partial charge in [-0.05, 0) is 31.5 Å². The van der Waals surface area contributed by atoms with Crippen molar-refractivity contribution < 1.29 is 15.6 Å². The average molecular weight is 308 g/mol. The number of nitrogens with one attached hydrogen (secondary N) is 1. The summed E-state index contributed by atoms with van der Waals surface area (Å²) in [4.78, 5) is 0. The number of hydrogen-bond acceptors (Lipinski definition) is 3. The molecule has 1 aromatic heterocycles. The summed E-state index contributed by atoms with van der Waals surface area (Å²) in [6.45, 7) is 7.87. The molecule has 0 fully saturated rings. The molecular weight excluding hydrogens is 278 g/mol. The van der Waals surface area contributed by atoms with Crippen molar-refractivity contribution in [2.24, 2.45) is 7.05 Å². The molecule has 0 spiro atoms. The van der Waals surface area contributed by atoms with E-state index in [1.54, 1.807) is 0 Å². The summed E-state index contributed by atoms with van der Waals surface area (Å²) < 4.78 is 7.47. The van der Waals surface area contributed by atoms with Gasteiger partial charge in [0.15, 0.2) is 5.90 Å². The van der Waals surface area contributed by atoms with E-state index in [4.69, 9.17) is 15.3 Å². The van der Waals surface area contributed by atoms with Gasteiger partial charge in [0.1, 0.15) is 5.69 Å². The maximum absolute atomic E-state index is 7.84. The maximum Gasteiger partial charge on any atom is 0.185 e. The topological polar surface area (TPSA) is 85.9 Å². The van der Waals surface area contributed by atoms with Gasteiger partial charge in [-0.25, -0.2) is 0 Å². The van der Waals surface area contributed by atoms with Gasteiger partial charge >= 0.3 is 0 Å². The molecule has 2 aromatic rings. The molecule has 0 aliphatic heterocycles. The Kier molecular flexibility index (Phi) is 9.13. The van der Waals surface area contributed by atoms with E-state index in [9.17, 15) is 0 Å². The van der Waals surface area contributed by atoms with Crippen molar-refractivity contribution in [1.82, 2.24) is 4.57 Å². The van der Waals surface area contributed by atoms with Crippen LogP contribution in [0.4, 0.5) is 5.69 Å². The molecule has 5 heteroatoms. The summed E-state index contributed by atoms with van der Waals surface area (Å²) in [7, 11) is 3.01. The van der Waals surface area contributed by atoms with Crippen LogP contribution in [0, 0.1) is 5.41 Å². The van der Waals surface area contributed by atoms with Crippen LogP contribution in [-0.2, 0) is 18.2 Å². The minimum absolute atomic E-state index is 0.0546. The summed E-state index contributed by atoms with van der Waals surface area (Å²) in [5.74, 6) is 0.316. The van der Waals surface area contributed by atoms with Crippen LogP contribution in [0.1, 0.15) is 33.3 Å². The largest absolute Gasteiger partial charge is 0.478 e. The maximum atomic E-state index is 7.84. The Labute approximate surface area is 133 Å². The molecule has 124 valence electrons. The van der Waals surface area contributed by atoms with Gasteiger partial charge in [0.05, 0.1) is 18.0 Å². The standard InChI is InChI=1S/C14H19N3O.C2H6.CH4O/c1-9(2)18-14(16)6-10-8-17(3)13-7-11(15)4-5-12(10)13;2*1-2/h4-5,7-9,16H,6,15H2,1-3H3;1-2H3;2H,1H3/p+1. The highest BCUT2D eigenvalue weighted by molar-refractivity contribution is 5.89. The summed E-state index contributed by atoms with van der Waals surface area (Å²) >= 11 is 0. The van der Waals surface area contributed by atoms with Gasteiger partial charge < -0.3 is 20.1 Å².